The minimum absolute atomic E-state index is 0.178. The first kappa shape index (κ1) is 15.5. The molecular formula is C16H21N3OS. The van der Waals surface area contributed by atoms with E-state index >= 15 is 0 Å². The van der Waals surface area contributed by atoms with Crippen molar-refractivity contribution in [2.24, 2.45) is 0 Å². The van der Waals surface area contributed by atoms with E-state index in [-0.39, 0.29) is 12.1 Å². The van der Waals surface area contributed by atoms with Gasteiger partial charge in [-0.15, -0.1) is 0 Å². The Kier molecular flexibility index (Phi) is 5.36. The van der Waals surface area contributed by atoms with Crippen LogP contribution in [0.1, 0.15) is 17.2 Å². The fraction of sp³-hybridized carbons (Fsp3) is 0.312. The SMILES string of the molecule is Cc1cccc(NC(=O)NCC(c2ccsc2)N(C)C)c1. The first-order valence-corrected chi connectivity index (χ1v) is 7.80. The molecule has 0 aliphatic heterocycles. The smallest absolute Gasteiger partial charge is 0.319 e. The number of thiophene rings is 1. The van der Waals surface area contributed by atoms with Crippen molar-refractivity contribution in [2.75, 3.05) is 26.0 Å². The summed E-state index contributed by atoms with van der Waals surface area (Å²) < 4.78 is 0. The van der Waals surface area contributed by atoms with Crippen LogP contribution in [-0.2, 0) is 0 Å². The topological polar surface area (TPSA) is 44.4 Å². The van der Waals surface area contributed by atoms with E-state index in [4.69, 9.17) is 0 Å². The van der Waals surface area contributed by atoms with Crippen LogP contribution in [-0.4, -0.2) is 31.6 Å². The third-order valence-electron chi connectivity index (χ3n) is 3.28. The normalized spacial score (nSPS) is 12.2. The molecule has 0 radical (unpaired) electrons. The van der Waals surface area contributed by atoms with Gasteiger partial charge in [0, 0.05) is 12.2 Å². The summed E-state index contributed by atoms with van der Waals surface area (Å²) in [7, 11) is 4.03. The number of carbonyl (C=O) groups is 1. The van der Waals surface area contributed by atoms with Gasteiger partial charge in [-0.3, -0.25) is 0 Å². The van der Waals surface area contributed by atoms with Crippen molar-refractivity contribution < 1.29 is 4.79 Å². The van der Waals surface area contributed by atoms with Crippen molar-refractivity contribution in [1.29, 1.82) is 0 Å². The number of nitrogens with one attached hydrogen (secondary N) is 2. The van der Waals surface area contributed by atoms with Gasteiger partial charge in [0.15, 0.2) is 0 Å². The Labute approximate surface area is 129 Å². The number of likely N-dealkylation sites (N-methyl/N-ethyl adjacent to an activating group) is 1. The van der Waals surface area contributed by atoms with E-state index in [1.165, 1.54) is 5.56 Å². The highest BCUT2D eigenvalue weighted by atomic mass is 32.1. The predicted molar refractivity (Wildman–Crippen MR) is 88.9 cm³/mol. The van der Waals surface area contributed by atoms with Crippen molar-refractivity contribution in [3.8, 4) is 0 Å². The summed E-state index contributed by atoms with van der Waals surface area (Å²) in [5.41, 5.74) is 3.16. The number of aryl methyl sites for hydroxylation is 1. The van der Waals surface area contributed by atoms with Crippen LogP contribution in [0.4, 0.5) is 10.5 Å². The molecule has 0 spiro atoms. The molecule has 1 aromatic heterocycles. The third-order valence-corrected chi connectivity index (χ3v) is 3.98. The number of anilines is 1. The minimum atomic E-state index is -0.178. The Morgan fingerprint density at radius 1 is 1.33 bits per heavy atom. The fourth-order valence-corrected chi connectivity index (χ4v) is 2.86. The number of rotatable bonds is 5. The number of hydrogen-bond acceptors (Lipinski definition) is 3. The monoisotopic (exact) mass is 303 g/mol. The molecule has 5 heteroatoms. The van der Waals surface area contributed by atoms with Crippen LogP contribution in [0.2, 0.25) is 0 Å². The number of nitrogens with zero attached hydrogens (tertiary/aromatic N) is 1. The molecule has 1 heterocycles. The fourth-order valence-electron chi connectivity index (χ4n) is 2.15. The number of amides is 2. The molecule has 112 valence electrons. The summed E-state index contributed by atoms with van der Waals surface area (Å²) in [6, 6.07) is 9.86. The lowest BCUT2D eigenvalue weighted by Crippen LogP contribution is -2.36. The van der Waals surface area contributed by atoms with Gasteiger partial charge < -0.3 is 15.5 Å². The second-order valence-electron chi connectivity index (χ2n) is 5.24. The quantitative estimate of drug-likeness (QED) is 0.888. The molecule has 1 atom stereocenters. The molecule has 21 heavy (non-hydrogen) atoms. The molecule has 1 unspecified atom stereocenters. The van der Waals surface area contributed by atoms with E-state index in [1.807, 2.05) is 45.3 Å². The van der Waals surface area contributed by atoms with Gasteiger partial charge in [-0.25, -0.2) is 4.79 Å². The van der Waals surface area contributed by atoms with Crippen molar-refractivity contribution in [1.82, 2.24) is 10.2 Å². The lowest BCUT2D eigenvalue weighted by molar-refractivity contribution is 0.243. The number of urea groups is 1. The van der Waals surface area contributed by atoms with Crippen molar-refractivity contribution in [2.45, 2.75) is 13.0 Å². The Balaban J connectivity index is 1.90. The Morgan fingerprint density at radius 2 is 2.14 bits per heavy atom. The zero-order valence-corrected chi connectivity index (χ0v) is 13.4. The zero-order valence-electron chi connectivity index (χ0n) is 12.6. The molecule has 4 nitrogen and oxygen atoms in total. The van der Waals surface area contributed by atoms with E-state index in [0.717, 1.165) is 11.3 Å². The lowest BCUT2D eigenvalue weighted by atomic mass is 10.1. The van der Waals surface area contributed by atoms with Crippen LogP contribution in [0.25, 0.3) is 0 Å². The molecule has 1 aromatic carbocycles. The summed E-state index contributed by atoms with van der Waals surface area (Å²) in [6.07, 6.45) is 0. The minimum Gasteiger partial charge on any atom is -0.336 e. The zero-order chi connectivity index (χ0) is 15.2. The van der Waals surface area contributed by atoms with Crippen molar-refractivity contribution >= 4 is 23.1 Å². The van der Waals surface area contributed by atoms with E-state index in [2.05, 4.69) is 32.4 Å². The standard InChI is InChI=1S/C16H21N3OS/c1-12-5-4-6-14(9-12)18-16(20)17-10-15(19(2)3)13-7-8-21-11-13/h4-9,11,15H,10H2,1-3H3,(H2,17,18,20). The summed E-state index contributed by atoms with van der Waals surface area (Å²) in [6.45, 7) is 2.57. The molecule has 0 aliphatic rings. The molecule has 0 bridgehead atoms. The molecule has 0 saturated heterocycles. The second kappa shape index (κ2) is 7.24. The first-order valence-electron chi connectivity index (χ1n) is 6.86. The lowest BCUT2D eigenvalue weighted by Gasteiger charge is -2.24. The van der Waals surface area contributed by atoms with Gasteiger partial charge in [0.05, 0.1) is 6.04 Å². The summed E-state index contributed by atoms with van der Waals surface area (Å²) in [5, 5.41) is 9.96. The van der Waals surface area contributed by atoms with Crippen LogP contribution in [0, 0.1) is 6.92 Å². The Morgan fingerprint density at radius 3 is 2.76 bits per heavy atom. The first-order chi connectivity index (χ1) is 10.1. The molecule has 2 rings (SSSR count). The van der Waals surface area contributed by atoms with Crippen LogP contribution < -0.4 is 10.6 Å². The largest absolute Gasteiger partial charge is 0.336 e. The van der Waals surface area contributed by atoms with Gasteiger partial charge >= 0.3 is 6.03 Å². The van der Waals surface area contributed by atoms with Crippen LogP contribution in [0.15, 0.2) is 41.1 Å². The molecule has 2 N–H and O–H groups in total. The highest BCUT2D eigenvalue weighted by Gasteiger charge is 2.15. The Hall–Kier alpha value is -1.85. The molecule has 2 amide bonds. The van der Waals surface area contributed by atoms with Gasteiger partial charge in [-0.2, -0.15) is 11.3 Å². The molecule has 0 aliphatic carbocycles. The van der Waals surface area contributed by atoms with Crippen LogP contribution in [0.5, 0.6) is 0 Å². The third kappa shape index (κ3) is 4.58. The number of benzene rings is 1. The molecule has 0 fully saturated rings. The summed E-state index contributed by atoms with van der Waals surface area (Å²) in [4.78, 5) is 14.1. The van der Waals surface area contributed by atoms with E-state index in [1.54, 1.807) is 11.3 Å². The molecule has 0 saturated carbocycles. The van der Waals surface area contributed by atoms with E-state index in [0.29, 0.717) is 6.54 Å². The maximum Gasteiger partial charge on any atom is 0.319 e. The highest BCUT2D eigenvalue weighted by molar-refractivity contribution is 7.07. The van der Waals surface area contributed by atoms with Gasteiger partial charge in [0.1, 0.15) is 0 Å². The van der Waals surface area contributed by atoms with E-state index < -0.39 is 0 Å². The molecule has 2 aromatic rings. The second-order valence-corrected chi connectivity index (χ2v) is 6.02. The van der Waals surface area contributed by atoms with Crippen LogP contribution >= 0.6 is 11.3 Å². The summed E-state index contributed by atoms with van der Waals surface area (Å²) >= 11 is 1.67. The maximum atomic E-state index is 12.0. The van der Waals surface area contributed by atoms with Crippen molar-refractivity contribution in [3.63, 3.8) is 0 Å². The summed E-state index contributed by atoms with van der Waals surface area (Å²) in [5.74, 6) is 0. The number of hydrogen-bond donors (Lipinski definition) is 2. The van der Waals surface area contributed by atoms with Gasteiger partial charge in [0.2, 0.25) is 0 Å². The predicted octanol–water partition coefficient (Wildman–Crippen LogP) is 3.48. The van der Waals surface area contributed by atoms with Crippen LogP contribution in [0.3, 0.4) is 0 Å². The Bertz CT molecular complexity index is 581. The van der Waals surface area contributed by atoms with Gasteiger partial charge in [0.25, 0.3) is 0 Å². The van der Waals surface area contributed by atoms with Crippen molar-refractivity contribution in [3.05, 3.63) is 52.2 Å². The van der Waals surface area contributed by atoms with Gasteiger partial charge in [-0.1, -0.05) is 12.1 Å². The van der Waals surface area contributed by atoms with Gasteiger partial charge in [-0.05, 0) is 61.1 Å². The average Bonchev–Trinajstić information content (AvgIpc) is 2.92. The average molecular weight is 303 g/mol. The molecular weight excluding hydrogens is 282 g/mol. The maximum absolute atomic E-state index is 12.0. The number of carbonyl (C=O) groups excluding carboxylic acids is 1. The van der Waals surface area contributed by atoms with E-state index in [9.17, 15) is 4.79 Å². The highest BCUT2D eigenvalue weighted by Crippen LogP contribution is 2.20.